The van der Waals surface area contributed by atoms with E-state index in [2.05, 4.69) is 67.6 Å². The third-order valence-electron chi connectivity index (χ3n) is 4.26. The third-order valence-corrected chi connectivity index (χ3v) is 5.52. The maximum Gasteiger partial charge on any atom is 0.0574 e. The van der Waals surface area contributed by atoms with Gasteiger partial charge in [0.05, 0.1) is 13.2 Å². The minimum atomic E-state index is 0.141. The molecule has 1 aliphatic heterocycles. The number of thioether (sulfide) groups is 1. The van der Waals surface area contributed by atoms with Gasteiger partial charge in [-0.2, -0.15) is 0 Å². The van der Waals surface area contributed by atoms with Crippen LogP contribution in [0.4, 0.5) is 0 Å². The van der Waals surface area contributed by atoms with Gasteiger partial charge in [-0.15, -0.1) is 11.8 Å². The Hall–Kier alpha value is -1.25. The van der Waals surface area contributed by atoms with Crippen molar-refractivity contribution in [3.8, 4) is 0 Å². The van der Waals surface area contributed by atoms with Crippen LogP contribution in [0.1, 0.15) is 12.5 Å². The van der Waals surface area contributed by atoms with Gasteiger partial charge in [-0.3, -0.25) is 0 Å². The zero-order valence-corrected chi connectivity index (χ0v) is 12.6. The van der Waals surface area contributed by atoms with Crippen LogP contribution in [0.3, 0.4) is 0 Å². The lowest BCUT2D eigenvalue weighted by atomic mass is 9.75. The molecule has 0 N–H and O–H groups in total. The number of benzene rings is 2. The molecule has 1 saturated heterocycles. The van der Waals surface area contributed by atoms with Crippen molar-refractivity contribution in [2.45, 2.75) is 17.2 Å². The average Bonchev–Trinajstić information content (AvgIpc) is 2.89. The minimum Gasteiger partial charge on any atom is -0.380 e. The molecule has 0 amide bonds. The molecule has 0 saturated carbocycles. The van der Waals surface area contributed by atoms with Crippen LogP contribution in [0.5, 0.6) is 0 Å². The molecule has 20 heavy (non-hydrogen) atoms. The summed E-state index contributed by atoms with van der Waals surface area (Å²) in [5, 5.41) is 0. The fraction of sp³-hybridized carbons (Fsp3) is 0.333. The molecule has 0 radical (unpaired) electrons. The van der Waals surface area contributed by atoms with E-state index in [1.165, 1.54) is 10.5 Å². The van der Waals surface area contributed by atoms with E-state index in [-0.39, 0.29) is 5.41 Å². The second kappa shape index (κ2) is 6.02. The highest BCUT2D eigenvalue weighted by atomic mass is 32.2. The van der Waals surface area contributed by atoms with Gasteiger partial charge in [-0.1, -0.05) is 55.5 Å². The van der Waals surface area contributed by atoms with Gasteiger partial charge in [0.2, 0.25) is 0 Å². The molecule has 2 aromatic rings. The summed E-state index contributed by atoms with van der Waals surface area (Å²) >= 11 is 1.94. The highest BCUT2D eigenvalue weighted by molar-refractivity contribution is 7.99. The van der Waals surface area contributed by atoms with Gasteiger partial charge in [0.1, 0.15) is 0 Å². The monoisotopic (exact) mass is 284 g/mol. The average molecular weight is 284 g/mol. The van der Waals surface area contributed by atoms with E-state index >= 15 is 0 Å². The van der Waals surface area contributed by atoms with E-state index in [0.717, 1.165) is 19.0 Å². The predicted octanol–water partition coefficient (Wildman–Crippen LogP) is 4.38. The quantitative estimate of drug-likeness (QED) is 0.770. The number of hydrogen-bond donors (Lipinski definition) is 0. The zero-order chi connectivity index (χ0) is 13.8. The number of rotatable bonds is 4. The fourth-order valence-corrected chi connectivity index (χ4v) is 4.16. The number of hydrogen-bond acceptors (Lipinski definition) is 2. The molecule has 104 valence electrons. The van der Waals surface area contributed by atoms with Gasteiger partial charge in [-0.25, -0.2) is 0 Å². The van der Waals surface area contributed by atoms with Crippen LogP contribution in [0.2, 0.25) is 0 Å². The van der Waals surface area contributed by atoms with E-state index in [1.54, 1.807) is 0 Å². The zero-order valence-electron chi connectivity index (χ0n) is 11.8. The third kappa shape index (κ3) is 2.63. The van der Waals surface area contributed by atoms with Crippen LogP contribution < -0.4 is 0 Å². The first-order chi connectivity index (χ1) is 9.81. The Bertz CT molecular complexity index is 540. The van der Waals surface area contributed by atoms with Crippen molar-refractivity contribution < 1.29 is 4.74 Å². The van der Waals surface area contributed by atoms with Crippen molar-refractivity contribution in [1.82, 2.24) is 0 Å². The summed E-state index contributed by atoms with van der Waals surface area (Å²) in [7, 11) is 0. The molecule has 1 nitrogen and oxygen atoms in total. The highest BCUT2D eigenvalue weighted by Gasteiger charge is 2.42. The molecule has 0 bridgehead atoms. The van der Waals surface area contributed by atoms with Crippen LogP contribution in [0, 0.1) is 5.92 Å². The maximum absolute atomic E-state index is 5.80. The number of ether oxygens (including phenoxy) is 1. The van der Waals surface area contributed by atoms with Gasteiger partial charge in [0, 0.05) is 16.1 Å². The SMILES string of the molecule is C[C@@H]1COC[C@@]1(CSc1ccccc1)c1ccccc1. The Morgan fingerprint density at radius 3 is 2.30 bits per heavy atom. The smallest absolute Gasteiger partial charge is 0.0574 e. The van der Waals surface area contributed by atoms with Gasteiger partial charge in [0.25, 0.3) is 0 Å². The van der Waals surface area contributed by atoms with Crippen molar-refractivity contribution in [3.05, 3.63) is 66.2 Å². The molecule has 1 aliphatic rings. The molecule has 0 aromatic heterocycles. The van der Waals surface area contributed by atoms with Gasteiger partial charge < -0.3 is 4.74 Å². The normalized spacial score (nSPS) is 25.8. The van der Waals surface area contributed by atoms with E-state index in [9.17, 15) is 0 Å². The van der Waals surface area contributed by atoms with Crippen molar-refractivity contribution in [1.29, 1.82) is 0 Å². The van der Waals surface area contributed by atoms with Crippen LogP contribution in [-0.4, -0.2) is 19.0 Å². The Labute approximate surface area is 125 Å². The predicted molar refractivity (Wildman–Crippen MR) is 85.3 cm³/mol. The van der Waals surface area contributed by atoms with E-state index in [4.69, 9.17) is 4.74 Å². The van der Waals surface area contributed by atoms with Crippen molar-refractivity contribution >= 4 is 11.8 Å². The summed E-state index contributed by atoms with van der Waals surface area (Å²) in [6, 6.07) is 21.5. The molecular formula is C18H20OS. The van der Waals surface area contributed by atoms with Crippen LogP contribution in [-0.2, 0) is 10.2 Å². The molecule has 3 rings (SSSR count). The summed E-state index contributed by atoms with van der Waals surface area (Å²) in [6.07, 6.45) is 0. The summed E-state index contributed by atoms with van der Waals surface area (Å²) < 4.78 is 5.80. The molecule has 0 spiro atoms. The van der Waals surface area contributed by atoms with Crippen molar-refractivity contribution in [2.24, 2.45) is 5.92 Å². The molecule has 0 aliphatic carbocycles. The molecular weight excluding hydrogens is 264 g/mol. The first kappa shape index (κ1) is 13.7. The standard InChI is InChI=1S/C18H20OS/c1-15-12-19-13-18(15,16-8-4-2-5-9-16)14-20-17-10-6-3-7-11-17/h2-11,15H,12-14H2,1H3/t15-,18+/m1/s1. The first-order valence-corrected chi connectivity index (χ1v) is 8.11. The molecule has 0 unspecified atom stereocenters. The molecule has 1 heterocycles. The van der Waals surface area contributed by atoms with Crippen LogP contribution >= 0.6 is 11.8 Å². The summed E-state index contributed by atoms with van der Waals surface area (Å²) in [5.41, 5.74) is 1.55. The topological polar surface area (TPSA) is 9.23 Å². The lowest BCUT2D eigenvalue weighted by molar-refractivity contribution is 0.179. The lowest BCUT2D eigenvalue weighted by Crippen LogP contribution is -2.35. The second-order valence-corrected chi connectivity index (χ2v) is 6.59. The van der Waals surface area contributed by atoms with E-state index in [1.807, 2.05) is 11.8 Å². The summed E-state index contributed by atoms with van der Waals surface area (Å²) in [4.78, 5) is 1.34. The maximum atomic E-state index is 5.80. The molecule has 2 heteroatoms. The van der Waals surface area contributed by atoms with E-state index in [0.29, 0.717) is 5.92 Å². The van der Waals surface area contributed by atoms with Crippen molar-refractivity contribution in [3.63, 3.8) is 0 Å². The Balaban J connectivity index is 1.84. The first-order valence-electron chi connectivity index (χ1n) is 7.12. The highest BCUT2D eigenvalue weighted by Crippen LogP contribution is 2.41. The fourth-order valence-electron chi connectivity index (χ4n) is 2.85. The Morgan fingerprint density at radius 1 is 1.05 bits per heavy atom. The summed E-state index contributed by atoms with van der Waals surface area (Å²) in [6.45, 7) is 4.01. The van der Waals surface area contributed by atoms with Gasteiger partial charge in [-0.05, 0) is 23.6 Å². The van der Waals surface area contributed by atoms with Gasteiger partial charge in [0.15, 0.2) is 0 Å². The lowest BCUT2D eigenvalue weighted by Gasteiger charge is -2.32. The molecule has 2 atom stereocenters. The van der Waals surface area contributed by atoms with Crippen molar-refractivity contribution in [2.75, 3.05) is 19.0 Å². The largest absolute Gasteiger partial charge is 0.380 e. The van der Waals surface area contributed by atoms with E-state index < -0.39 is 0 Å². The van der Waals surface area contributed by atoms with Crippen LogP contribution in [0.25, 0.3) is 0 Å². The molecule has 1 fully saturated rings. The Kier molecular flexibility index (Phi) is 4.13. The molecule has 2 aromatic carbocycles. The summed E-state index contributed by atoms with van der Waals surface area (Å²) in [5.74, 6) is 1.63. The second-order valence-electron chi connectivity index (χ2n) is 5.54. The van der Waals surface area contributed by atoms with Crippen LogP contribution in [0.15, 0.2) is 65.6 Å². The Morgan fingerprint density at radius 2 is 1.70 bits per heavy atom. The minimum absolute atomic E-state index is 0.141. The van der Waals surface area contributed by atoms with Gasteiger partial charge >= 0.3 is 0 Å².